The Morgan fingerprint density at radius 3 is 1.60 bits per heavy atom. The van der Waals surface area contributed by atoms with E-state index in [2.05, 4.69) is 54.4 Å². The maximum absolute atomic E-state index is 4.18. The summed E-state index contributed by atoms with van der Waals surface area (Å²) in [6, 6.07) is 40.0. The second-order valence-corrected chi connectivity index (χ2v) is 8.59. The predicted octanol–water partition coefficient (Wildman–Crippen LogP) is 7.73. The Balaban J connectivity index is 0.000000108. The summed E-state index contributed by atoms with van der Waals surface area (Å²) in [4.78, 5) is 16.2. The zero-order valence-corrected chi connectivity index (χ0v) is 21.7. The predicted molar refractivity (Wildman–Crippen MR) is 163 cm³/mol. The van der Waals surface area contributed by atoms with Gasteiger partial charge in [0.1, 0.15) is 6.33 Å². The number of hydrogen-bond donors (Lipinski definition) is 0. The molecule has 0 fully saturated rings. The van der Waals surface area contributed by atoms with Crippen molar-refractivity contribution in [3.8, 4) is 0 Å². The first-order chi connectivity index (χ1) is 19.9. The molecule has 0 atom stereocenters. The molecule has 0 radical (unpaired) electrons. The molecule has 0 amide bonds. The van der Waals surface area contributed by atoms with Crippen LogP contribution < -0.4 is 0 Å². The lowest BCUT2D eigenvalue weighted by atomic mass is 10.2. The minimum atomic E-state index is 0.949. The second-order valence-electron chi connectivity index (χ2n) is 8.59. The normalized spacial score (nSPS) is 10.0. The van der Waals surface area contributed by atoms with Gasteiger partial charge in [0.25, 0.3) is 0 Å². The average Bonchev–Trinajstić information content (AvgIpc) is 3.06. The molecule has 0 saturated carbocycles. The van der Waals surface area contributed by atoms with Crippen molar-refractivity contribution in [1.82, 2.24) is 30.1 Å². The van der Waals surface area contributed by atoms with E-state index < -0.39 is 0 Å². The highest BCUT2D eigenvalue weighted by Gasteiger charge is 1.89. The largest absolute Gasteiger partial charge is 0.264 e. The van der Waals surface area contributed by atoms with Crippen LogP contribution in [0.1, 0.15) is 0 Å². The summed E-state index contributed by atoms with van der Waals surface area (Å²) in [5.74, 6) is 0. The summed E-state index contributed by atoms with van der Waals surface area (Å²) in [6.07, 6.45) is 10.5. The van der Waals surface area contributed by atoms with Gasteiger partial charge in [-0.1, -0.05) is 84.9 Å². The van der Waals surface area contributed by atoms with Crippen LogP contribution in [0.15, 0.2) is 159 Å². The maximum atomic E-state index is 4.18. The molecule has 4 aromatic heterocycles. The molecule has 192 valence electrons. The van der Waals surface area contributed by atoms with Gasteiger partial charge in [0.05, 0.1) is 22.7 Å². The topological polar surface area (TPSA) is 77.3 Å². The molecule has 0 unspecified atom stereocenters. The van der Waals surface area contributed by atoms with E-state index in [-0.39, 0.29) is 0 Å². The molecule has 0 aliphatic heterocycles. The highest BCUT2D eigenvalue weighted by atomic mass is 15.1. The molecular weight excluding hydrogens is 492 g/mol. The third kappa shape index (κ3) is 7.24. The Bertz CT molecular complexity index is 1390. The van der Waals surface area contributed by atoms with Gasteiger partial charge in [0, 0.05) is 40.9 Å². The molecule has 6 heteroatoms. The minimum Gasteiger partial charge on any atom is -0.264 e. The summed E-state index contributed by atoms with van der Waals surface area (Å²) in [5, 5.41) is 13.6. The molecule has 0 spiro atoms. The molecule has 0 N–H and O–H groups in total. The molecule has 0 aliphatic rings. The molecule has 0 saturated heterocycles. The van der Waals surface area contributed by atoms with Gasteiger partial charge in [-0.15, -0.1) is 0 Å². The molecule has 8 rings (SSSR count). The van der Waals surface area contributed by atoms with Crippen LogP contribution in [0.2, 0.25) is 0 Å². The molecular formula is C34H26N6. The smallest absolute Gasteiger partial charge is 0.116 e. The molecule has 0 bridgehead atoms. The van der Waals surface area contributed by atoms with Gasteiger partial charge in [-0.25, -0.2) is 9.97 Å². The fourth-order valence-corrected chi connectivity index (χ4v) is 3.90. The van der Waals surface area contributed by atoms with E-state index in [4.69, 9.17) is 0 Å². The van der Waals surface area contributed by atoms with Crippen LogP contribution >= 0.6 is 0 Å². The van der Waals surface area contributed by atoms with Crippen molar-refractivity contribution in [2.75, 3.05) is 0 Å². The third-order valence-corrected chi connectivity index (χ3v) is 5.90. The van der Waals surface area contributed by atoms with Crippen molar-refractivity contribution >= 4 is 43.5 Å². The van der Waals surface area contributed by atoms with E-state index in [0.29, 0.717) is 0 Å². The van der Waals surface area contributed by atoms with Gasteiger partial charge < -0.3 is 0 Å². The van der Waals surface area contributed by atoms with Crippen molar-refractivity contribution in [3.63, 3.8) is 0 Å². The zero-order chi connectivity index (χ0) is 27.2. The van der Waals surface area contributed by atoms with Gasteiger partial charge in [-0.05, 0) is 47.2 Å². The van der Waals surface area contributed by atoms with E-state index in [1.165, 1.54) is 16.2 Å². The third-order valence-electron chi connectivity index (χ3n) is 5.90. The lowest BCUT2D eigenvalue weighted by Gasteiger charge is -1.91. The summed E-state index contributed by atoms with van der Waals surface area (Å²) < 4.78 is 0. The summed E-state index contributed by atoms with van der Waals surface area (Å²) in [6.45, 7) is 0. The number of nitrogens with zero attached hydrogens (tertiary/aromatic N) is 6. The number of hydrogen-bond acceptors (Lipinski definition) is 6. The summed E-state index contributed by atoms with van der Waals surface area (Å²) >= 11 is 0. The van der Waals surface area contributed by atoms with Crippen LogP contribution in [0.5, 0.6) is 0 Å². The fourth-order valence-electron chi connectivity index (χ4n) is 3.90. The first kappa shape index (κ1) is 26.0. The number of fused-ring (bicyclic) bond motifs is 4. The van der Waals surface area contributed by atoms with Gasteiger partial charge in [0.15, 0.2) is 0 Å². The first-order valence-corrected chi connectivity index (χ1v) is 12.8. The standard InChI is InChI=1S/2C9H7N.2C8H6N2/c1-2-6-9-8(4-1)5-3-7-10-9;1-2-4-9-7-10-6-5-8(9)3-1;1-2-4-8-7(3-1)5-9-6-10-8;1-2-4-8-7(3-1)5-6-9-10-8/h2*1-7H;2*1-6H. The molecule has 4 heterocycles. The Labute approximate surface area is 232 Å². The molecule has 6 nitrogen and oxygen atoms in total. The van der Waals surface area contributed by atoms with Crippen LogP contribution in [0.25, 0.3) is 43.5 Å². The van der Waals surface area contributed by atoms with Gasteiger partial charge in [0.2, 0.25) is 0 Å². The Hall–Kier alpha value is -5.62. The SMILES string of the molecule is c1ccc2cnccc2c1.c1ccc2ncccc2c1.c1ccc2ncncc2c1.c1ccc2nnccc2c1. The fraction of sp³-hybridized carbons (Fsp3) is 0. The van der Waals surface area contributed by atoms with Gasteiger partial charge in [-0.3, -0.25) is 9.97 Å². The van der Waals surface area contributed by atoms with Crippen LogP contribution in [0.4, 0.5) is 0 Å². The molecule has 4 aromatic carbocycles. The maximum Gasteiger partial charge on any atom is 0.116 e. The van der Waals surface area contributed by atoms with Gasteiger partial charge in [-0.2, -0.15) is 10.2 Å². The average molecular weight is 519 g/mol. The Kier molecular flexibility index (Phi) is 8.96. The van der Waals surface area contributed by atoms with Crippen molar-refractivity contribution in [2.24, 2.45) is 0 Å². The second kappa shape index (κ2) is 13.8. The van der Waals surface area contributed by atoms with Crippen LogP contribution in [0.3, 0.4) is 0 Å². The molecule has 40 heavy (non-hydrogen) atoms. The van der Waals surface area contributed by atoms with E-state index in [1.54, 1.807) is 12.5 Å². The molecule has 0 aliphatic carbocycles. The van der Waals surface area contributed by atoms with E-state index in [1.807, 2.05) is 122 Å². The van der Waals surface area contributed by atoms with Crippen molar-refractivity contribution in [2.45, 2.75) is 0 Å². The highest BCUT2D eigenvalue weighted by molar-refractivity contribution is 5.81. The zero-order valence-electron chi connectivity index (χ0n) is 21.7. The van der Waals surface area contributed by atoms with E-state index >= 15 is 0 Å². The summed E-state index contributed by atoms with van der Waals surface area (Å²) in [5.41, 5.74) is 3.01. The Morgan fingerprint density at radius 1 is 0.350 bits per heavy atom. The number of rotatable bonds is 0. The van der Waals surface area contributed by atoms with E-state index in [9.17, 15) is 0 Å². The monoisotopic (exact) mass is 518 g/mol. The lowest BCUT2D eigenvalue weighted by Crippen LogP contribution is -1.79. The first-order valence-electron chi connectivity index (χ1n) is 12.8. The number of pyridine rings is 2. The van der Waals surface area contributed by atoms with Crippen LogP contribution in [-0.2, 0) is 0 Å². The van der Waals surface area contributed by atoms with Crippen molar-refractivity contribution in [1.29, 1.82) is 0 Å². The van der Waals surface area contributed by atoms with Crippen molar-refractivity contribution < 1.29 is 0 Å². The number of benzene rings is 4. The summed E-state index contributed by atoms with van der Waals surface area (Å²) in [7, 11) is 0. The van der Waals surface area contributed by atoms with E-state index in [0.717, 1.165) is 27.3 Å². The quantitative estimate of drug-likeness (QED) is 0.204. The van der Waals surface area contributed by atoms with Crippen LogP contribution in [0, 0.1) is 0 Å². The number of aromatic nitrogens is 6. The van der Waals surface area contributed by atoms with Gasteiger partial charge >= 0.3 is 0 Å². The lowest BCUT2D eigenvalue weighted by molar-refractivity contribution is 1.08. The van der Waals surface area contributed by atoms with Crippen LogP contribution in [-0.4, -0.2) is 30.1 Å². The molecule has 8 aromatic rings. The Morgan fingerprint density at radius 2 is 0.900 bits per heavy atom. The van der Waals surface area contributed by atoms with Crippen molar-refractivity contribution in [3.05, 3.63) is 159 Å². The minimum absolute atomic E-state index is 0.949. The highest BCUT2D eigenvalue weighted by Crippen LogP contribution is 2.10. The number of para-hydroxylation sites is 2.